The van der Waals surface area contributed by atoms with Crippen molar-refractivity contribution >= 4 is 29.9 Å². The second kappa shape index (κ2) is 9.34. The van der Waals surface area contributed by atoms with E-state index in [4.69, 9.17) is 9.73 Å². The number of aliphatic imine (C=N–C) groups is 1. The number of benzene rings is 1. The van der Waals surface area contributed by atoms with Gasteiger partial charge in [0.25, 0.3) is 0 Å². The molecule has 0 bridgehead atoms. The van der Waals surface area contributed by atoms with Gasteiger partial charge in [0.2, 0.25) is 0 Å². The maximum atomic E-state index is 6.12. The van der Waals surface area contributed by atoms with Crippen LogP contribution in [-0.4, -0.2) is 28.1 Å². The lowest BCUT2D eigenvalue weighted by molar-refractivity contribution is 0.0694. The molecule has 0 amide bonds. The zero-order valence-electron chi connectivity index (χ0n) is 16.3. The van der Waals surface area contributed by atoms with E-state index in [1.165, 1.54) is 0 Å². The van der Waals surface area contributed by atoms with Gasteiger partial charge in [-0.05, 0) is 39.8 Å². The molecule has 2 N–H and O–H groups in total. The average Bonchev–Trinajstić information content (AvgIpc) is 2.59. The maximum absolute atomic E-state index is 6.12. The Morgan fingerprint density at radius 1 is 1.30 bits per heavy atom. The number of guanidine groups is 1. The van der Waals surface area contributed by atoms with Gasteiger partial charge in [0, 0.05) is 24.7 Å². The second-order valence-electron chi connectivity index (χ2n) is 7.09. The molecule has 2 aromatic rings. The van der Waals surface area contributed by atoms with Crippen molar-refractivity contribution in [3.05, 3.63) is 53.6 Å². The van der Waals surface area contributed by atoms with Crippen molar-refractivity contribution in [2.24, 2.45) is 4.99 Å². The SMILES string of the molecule is CCNC(=NCc1ccnc(C)n1)NC1CC(C)(C)Oc2ccccc21.I. The second-order valence-corrected chi connectivity index (χ2v) is 7.09. The smallest absolute Gasteiger partial charge is 0.192 e. The lowest BCUT2D eigenvalue weighted by Crippen LogP contribution is -2.45. The van der Waals surface area contributed by atoms with Crippen molar-refractivity contribution in [3.8, 4) is 5.75 Å². The minimum atomic E-state index is -0.229. The van der Waals surface area contributed by atoms with E-state index >= 15 is 0 Å². The average molecular weight is 481 g/mol. The van der Waals surface area contributed by atoms with Gasteiger partial charge in [0.1, 0.15) is 17.2 Å². The van der Waals surface area contributed by atoms with Crippen LogP contribution < -0.4 is 15.4 Å². The quantitative estimate of drug-likeness (QED) is 0.396. The molecule has 1 aliphatic rings. The molecule has 1 atom stereocenters. The number of aryl methyl sites for hydroxylation is 1. The molecule has 1 aromatic carbocycles. The molecule has 0 fully saturated rings. The summed E-state index contributed by atoms with van der Waals surface area (Å²) < 4.78 is 6.12. The van der Waals surface area contributed by atoms with Crippen molar-refractivity contribution in [3.63, 3.8) is 0 Å². The lowest BCUT2D eigenvalue weighted by Gasteiger charge is -2.38. The summed E-state index contributed by atoms with van der Waals surface area (Å²) in [6.07, 6.45) is 2.63. The molecule has 0 radical (unpaired) electrons. The van der Waals surface area contributed by atoms with E-state index in [0.717, 1.165) is 41.8 Å². The summed E-state index contributed by atoms with van der Waals surface area (Å²) in [4.78, 5) is 13.3. The summed E-state index contributed by atoms with van der Waals surface area (Å²) in [5.74, 6) is 2.47. The molecule has 27 heavy (non-hydrogen) atoms. The molecule has 1 aromatic heterocycles. The van der Waals surface area contributed by atoms with Gasteiger partial charge in [-0.2, -0.15) is 0 Å². The molecule has 7 heteroatoms. The van der Waals surface area contributed by atoms with Gasteiger partial charge in [-0.15, -0.1) is 24.0 Å². The van der Waals surface area contributed by atoms with Gasteiger partial charge in [-0.3, -0.25) is 0 Å². The van der Waals surface area contributed by atoms with Crippen LogP contribution in [0.15, 0.2) is 41.5 Å². The van der Waals surface area contributed by atoms with Crippen LogP contribution in [0.1, 0.15) is 50.3 Å². The fourth-order valence-corrected chi connectivity index (χ4v) is 3.17. The standard InChI is InChI=1S/C20H27N5O.HI/c1-5-21-19(23-13-15-10-11-22-14(2)24-15)25-17-12-20(3,4)26-18-9-7-6-8-16(17)18;/h6-11,17H,5,12-13H2,1-4H3,(H2,21,23,25);1H. The minimum Gasteiger partial charge on any atom is -0.487 e. The van der Waals surface area contributed by atoms with E-state index < -0.39 is 0 Å². The maximum Gasteiger partial charge on any atom is 0.192 e. The Bertz CT molecular complexity index is 793. The van der Waals surface area contributed by atoms with E-state index in [9.17, 15) is 0 Å². The number of ether oxygens (including phenoxy) is 1. The van der Waals surface area contributed by atoms with Gasteiger partial charge in [0.15, 0.2) is 5.96 Å². The Morgan fingerprint density at radius 2 is 2.07 bits per heavy atom. The van der Waals surface area contributed by atoms with E-state index in [2.05, 4.69) is 47.4 Å². The minimum absolute atomic E-state index is 0. The Hall–Kier alpha value is -1.90. The zero-order chi connectivity index (χ0) is 18.6. The Labute approximate surface area is 178 Å². The first-order valence-electron chi connectivity index (χ1n) is 9.08. The number of aromatic nitrogens is 2. The summed E-state index contributed by atoms with van der Waals surface area (Å²) in [7, 11) is 0. The van der Waals surface area contributed by atoms with Crippen molar-refractivity contribution in [2.45, 2.75) is 52.3 Å². The van der Waals surface area contributed by atoms with Crippen molar-refractivity contribution in [1.29, 1.82) is 0 Å². The predicted octanol–water partition coefficient (Wildman–Crippen LogP) is 3.76. The number of rotatable bonds is 4. The van der Waals surface area contributed by atoms with E-state index in [0.29, 0.717) is 6.54 Å². The van der Waals surface area contributed by atoms with Gasteiger partial charge in [0.05, 0.1) is 18.3 Å². The third kappa shape index (κ3) is 5.79. The first-order valence-corrected chi connectivity index (χ1v) is 9.08. The van der Waals surface area contributed by atoms with Crippen LogP contribution in [0.25, 0.3) is 0 Å². The molecule has 0 aliphatic carbocycles. The summed E-state index contributed by atoms with van der Waals surface area (Å²) in [6.45, 7) is 9.48. The molecule has 0 saturated heterocycles. The van der Waals surface area contributed by atoms with Crippen LogP contribution in [0.3, 0.4) is 0 Å². The number of nitrogens with zero attached hydrogens (tertiary/aromatic N) is 3. The van der Waals surface area contributed by atoms with E-state index in [1.807, 2.05) is 31.2 Å². The zero-order valence-corrected chi connectivity index (χ0v) is 18.7. The van der Waals surface area contributed by atoms with Crippen LogP contribution in [0.2, 0.25) is 0 Å². The molecule has 0 saturated carbocycles. The predicted molar refractivity (Wildman–Crippen MR) is 119 cm³/mol. The summed E-state index contributed by atoms with van der Waals surface area (Å²) in [5, 5.41) is 6.90. The number of para-hydroxylation sites is 1. The molecule has 146 valence electrons. The molecule has 3 rings (SSSR count). The highest BCUT2D eigenvalue weighted by atomic mass is 127. The van der Waals surface area contributed by atoms with Crippen molar-refractivity contribution in [1.82, 2.24) is 20.6 Å². The fraction of sp³-hybridized carbons (Fsp3) is 0.450. The number of halogens is 1. The molecule has 6 nitrogen and oxygen atoms in total. The van der Waals surface area contributed by atoms with Gasteiger partial charge >= 0.3 is 0 Å². The molecule has 1 aliphatic heterocycles. The number of nitrogens with one attached hydrogen (secondary N) is 2. The van der Waals surface area contributed by atoms with Gasteiger partial charge in [-0.1, -0.05) is 18.2 Å². The van der Waals surface area contributed by atoms with Crippen LogP contribution >= 0.6 is 24.0 Å². The number of hydrogen-bond donors (Lipinski definition) is 2. The summed E-state index contributed by atoms with van der Waals surface area (Å²) in [5.41, 5.74) is 1.84. The normalized spacial score (nSPS) is 17.9. The third-order valence-electron chi connectivity index (χ3n) is 4.26. The van der Waals surface area contributed by atoms with Gasteiger partial charge < -0.3 is 15.4 Å². The van der Waals surface area contributed by atoms with Crippen molar-refractivity contribution < 1.29 is 4.74 Å². The highest BCUT2D eigenvalue weighted by Gasteiger charge is 2.33. The highest BCUT2D eigenvalue weighted by Crippen LogP contribution is 2.39. The first-order chi connectivity index (χ1) is 12.5. The Balaban J connectivity index is 0.00000261. The molecule has 1 unspecified atom stereocenters. The third-order valence-corrected chi connectivity index (χ3v) is 4.26. The van der Waals surface area contributed by atoms with E-state index in [-0.39, 0.29) is 35.6 Å². The van der Waals surface area contributed by atoms with E-state index in [1.54, 1.807) is 6.20 Å². The highest BCUT2D eigenvalue weighted by molar-refractivity contribution is 14.0. The summed E-state index contributed by atoms with van der Waals surface area (Å²) >= 11 is 0. The van der Waals surface area contributed by atoms with Crippen molar-refractivity contribution in [2.75, 3.05) is 6.54 Å². The topological polar surface area (TPSA) is 71.4 Å². The van der Waals surface area contributed by atoms with Crippen LogP contribution in [0.4, 0.5) is 0 Å². The fourth-order valence-electron chi connectivity index (χ4n) is 3.17. The molecule has 0 spiro atoms. The Morgan fingerprint density at radius 3 is 2.81 bits per heavy atom. The summed E-state index contributed by atoms with van der Waals surface area (Å²) in [6, 6.07) is 10.2. The lowest BCUT2D eigenvalue weighted by atomic mass is 9.90. The van der Waals surface area contributed by atoms with Crippen LogP contribution in [0, 0.1) is 6.92 Å². The Kier molecular flexibility index (Phi) is 7.41. The van der Waals surface area contributed by atoms with Crippen LogP contribution in [-0.2, 0) is 6.54 Å². The monoisotopic (exact) mass is 481 g/mol. The number of hydrogen-bond acceptors (Lipinski definition) is 4. The first kappa shape index (κ1) is 21.4. The largest absolute Gasteiger partial charge is 0.487 e. The molecular formula is C20H28IN5O. The van der Waals surface area contributed by atoms with Gasteiger partial charge in [-0.25, -0.2) is 15.0 Å². The molecule has 2 heterocycles. The molecular weight excluding hydrogens is 453 g/mol. The number of fused-ring (bicyclic) bond motifs is 1. The van der Waals surface area contributed by atoms with Crippen LogP contribution in [0.5, 0.6) is 5.75 Å².